The largest absolute Gasteiger partial charge is 0.369 e. The molecular weight excluding hydrogens is 396 g/mol. The summed E-state index contributed by atoms with van der Waals surface area (Å²) in [6.45, 7) is 0.461. The average molecular weight is 416 g/mol. The summed E-state index contributed by atoms with van der Waals surface area (Å²) in [6.07, 6.45) is 3.96. The molecule has 1 saturated carbocycles. The molecule has 2 aromatic heterocycles. The number of fused-ring (bicyclic) bond motifs is 1. The number of nitrogens with zero attached hydrogens (tertiary/aromatic N) is 5. The van der Waals surface area contributed by atoms with Gasteiger partial charge in [-0.1, -0.05) is 17.9 Å². The summed E-state index contributed by atoms with van der Waals surface area (Å²) in [4.78, 5) is 34.5. The lowest BCUT2D eigenvalue weighted by Gasteiger charge is -2.13. The van der Waals surface area contributed by atoms with Crippen LogP contribution in [0.1, 0.15) is 47.1 Å². The first-order valence-electron chi connectivity index (χ1n) is 10.0. The third-order valence-corrected chi connectivity index (χ3v) is 5.63. The Kier molecular flexibility index (Phi) is 4.27. The Bertz CT molecular complexity index is 1300. The molecule has 9 heteroatoms. The van der Waals surface area contributed by atoms with Crippen LogP contribution in [0.25, 0.3) is 16.7 Å². The van der Waals surface area contributed by atoms with Crippen LogP contribution in [0.2, 0.25) is 0 Å². The predicted octanol–water partition coefficient (Wildman–Crippen LogP) is 0.736. The van der Waals surface area contributed by atoms with Gasteiger partial charge in [-0.05, 0) is 31.0 Å². The van der Waals surface area contributed by atoms with E-state index in [4.69, 9.17) is 5.73 Å². The molecule has 2 aliphatic rings. The zero-order chi connectivity index (χ0) is 21.8. The lowest BCUT2D eigenvalue weighted by molar-refractivity contribution is -0.137. The summed E-state index contributed by atoms with van der Waals surface area (Å²) in [7, 11) is 1.64. The van der Waals surface area contributed by atoms with Crippen molar-refractivity contribution >= 4 is 22.8 Å². The van der Waals surface area contributed by atoms with Crippen LogP contribution in [0.3, 0.4) is 0 Å². The number of primary amides is 1. The lowest BCUT2D eigenvalue weighted by atomic mass is 10.0. The summed E-state index contributed by atoms with van der Waals surface area (Å²) in [5.41, 5.74) is 5.66. The van der Waals surface area contributed by atoms with Gasteiger partial charge in [0.25, 0.3) is 11.8 Å². The number of amides is 2. The predicted molar refractivity (Wildman–Crippen MR) is 111 cm³/mol. The van der Waals surface area contributed by atoms with Gasteiger partial charge in [0.05, 0.1) is 11.1 Å². The van der Waals surface area contributed by atoms with Crippen molar-refractivity contribution in [3.63, 3.8) is 0 Å². The molecular formula is C22H20N6O3. The third kappa shape index (κ3) is 3.31. The van der Waals surface area contributed by atoms with Gasteiger partial charge >= 0.3 is 0 Å². The van der Waals surface area contributed by atoms with E-state index < -0.39 is 17.4 Å². The quantitative estimate of drug-likeness (QED) is 0.606. The normalized spacial score (nSPS) is 20.7. The van der Waals surface area contributed by atoms with Gasteiger partial charge < -0.3 is 15.7 Å². The summed E-state index contributed by atoms with van der Waals surface area (Å²) < 4.78 is 1.55. The molecule has 1 saturated heterocycles. The molecule has 0 spiro atoms. The Morgan fingerprint density at radius 1 is 1.35 bits per heavy atom. The van der Waals surface area contributed by atoms with E-state index in [1.54, 1.807) is 36.1 Å². The molecule has 3 aromatic rings. The number of hydrogen-bond acceptors (Lipinski definition) is 6. The van der Waals surface area contributed by atoms with Crippen LogP contribution >= 0.6 is 0 Å². The smallest absolute Gasteiger partial charge is 0.269 e. The highest BCUT2D eigenvalue weighted by molar-refractivity contribution is 6.03. The molecule has 3 N–H and O–H groups in total. The van der Waals surface area contributed by atoms with Crippen molar-refractivity contribution in [2.75, 3.05) is 13.6 Å². The average Bonchev–Trinajstić information content (AvgIpc) is 3.50. The van der Waals surface area contributed by atoms with Crippen molar-refractivity contribution in [3.05, 3.63) is 47.5 Å². The number of aromatic nitrogens is 4. The number of rotatable bonds is 3. The molecule has 3 heterocycles. The molecule has 1 aliphatic heterocycles. The Morgan fingerprint density at radius 3 is 2.84 bits per heavy atom. The van der Waals surface area contributed by atoms with E-state index in [9.17, 15) is 14.7 Å². The van der Waals surface area contributed by atoms with E-state index in [1.807, 2.05) is 6.07 Å². The van der Waals surface area contributed by atoms with Crippen molar-refractivity contribution in [3.8, 4) is 17.5 Å². The Hall–Kier alpha value is -3.77. The molecule has 1 atom stereocenters. The van der Waals surface area contributed by atoms with Crippen molar-refractivity contribution in [2.45, 2.75) is 30.8 Å². The van der Waals surface area contributed by atoms with Gasteiger partial charge in [0.2, 0.25) is 5.60 Å². The van der Waals surface area contributed by atoms with Gasteiger partial charge in [0.1, 0.15) is 5.82 Å². The molecule has 9 nitrogen and oxygen atoms in total. The second-order valence-electron chi connectivity index (χ2n) is 8.00. The number of carbonyl (C=O) groups excluding carboxylic acids is 2. The molecule has 0 bridgehead atoms. The van der Waals surface area contributed by atoms with Crippen LogP contribution in [0, 0.1) is 11.8 Å². The summed E-state index contributed by atoms with van der Waals surface area (Å²) in [6, 6.07) is 7.13. The van der Waals surface area contributed by atoms with E-state index >= 15 is 0 Å². The lowest BCUT2D eigenvalue weighted by Crippen LogP contribution is -2.37. The first-order chi connectivity index (χ1) is 14.9. The highest BCUT2D eigenvalue weighted by Gasteiger charge is 2.42. The van der Waals surface area contributed by atoms with Crippen LogP contribution in [-0.4, -0.2) is 60.8 Å². The first kappa shape index (κ1) is 19.2. The Balaban J connectivity index is 1.57. The summed E-state index contributed by atoms with van der Waals surface area (Å²) in [5.74, 6) is 5.61. The maximum Gasteiger partial charge on any atom is 0.269 e. The standard InChI is InChI=1S/C22H20N6O3/c1-27-10-9-22(31,21(27)30)8-7-13-3-2-4-15(11-13)28-20-16(17(26-28)18(23)29)12-24-19(25-20)14-5-6-14/h2-4,11-12,14,31H,5-6,9-10H2,1H3,(H2,23,29)/t22-/m0/s1. The molecule has 2 amide bonds. The molecule has 156 valence electrons. The maximum absolute atomic E-state index is 12.1. The van der Waals surface area contributed by atoms with Crippen molar-refractivity contribution in [1.29, 1.82) is 0 Å². The van der Waals surface area contributed by atoms with Crippen LogP contribution in [0.5, 0.6) is 0 Å². The fraction of sp³-hybridized carbons (Fsp3) is 0.318. The van der Waals surface area contributed by atoms with Gasteiger partial charge in [0, 0.05) is 37.7 Å². The number of aliphatic hydroxyl groups is 1. The highest BCUT2D eigenvalue weighted by atomic mass is 16.3. The SMILES string of the molecule is CN1CC[C@@](O)(C#Cc2cccc(-n3nc(C(N)=O)c4cnc(C5CC5)nc43)c2)C1=O. The summed E-state index contributed by atoms with van der Waals surface area (Å²) in [5, 5.41) is 15.4. The van der Waals surface area contributed by atoms with Crippen LogP contribution < -0.4 is 5.73 Å². The van der Waals surface area contributed by atoms with E-state index in [2.05, 4.69) is 26.9 Å². The Labute approximate surface area is 177 Å². The van der Waals surface area contributed by atoms with Crippen molar-refractivity contribution in [1.82, 2.24) is 24.6 Å². The fourth-order valence-corrected chi connectivity index (χ4v) is 3.68. The molecule has 2 fully saturated rings. The molecule has 1 aliphatic carbocycles. The van der Waals surface area contributed by atoms with Gasteiger partial charge in [-0.2, -0.15) is 5.10 Å². The number of hydrogen-bond donors (Lipinski definition) is 2. The minimum Gasteiger partial charge on any atom is -0.369 e. The van der Waals surface area contributed by atoms with Crippen molar-refractivity contribution < 1.29 is 14.7 Å². The van der Waals surface area contributed by atoms with Gasteiger partial charge in [-0.25, -0.2) is 14.6 Å². The van der Waals surface area contributed by atoms with Gasteiger partial charge in [-0.15, -0.1) is 0 Å². The zero-order valence-electron chi connectivity index (χ0n) is 16.9. The second kappa shape index (κ2) is 6.89. The van der Waals surface area contributed by atoms with Crippen LogP contribution in [-0.2, 0) is 4.79 Å². The molecule has 0 unspecified atom stereocenters. The third-order valence-electron chi connectivity index (χ3n) is 5.63. The monoisotopic (exact) mass is 416 g/mol. The first-order valence-corrected chi connectivity index (χ1v) is 10.0. The van der Waals surface area contributed by atoms with E-state index in [1.165, 1.54) is 4.90 Å². The number of likely N-dealkylation sites (N-methyl/N-ethyl adjacent to an activating group) is 1. The summed E-state index contributed by atoms with van der Waals surface area (Å²) >= 11 is 0. The fourth-order valence-electron chi connectivity index (χ4n) is 3.68. The number of carbonyl (C=O) groups is 2. The number of nitrogens with two attached hydrogens (primary N) is 1. The second-order valence-corrected chi connectivity index (χ2v) is 8.00. The van der Waals surface area contributed by atoms with Gasteiger partial charge in [-0.3, -0.25) is 9.59 Å². The number of benzene rings is 1. The minimum atomic E-state index is -1.67. The van der Waals surface area contributed by atoms with Crippen LogP contribution in [0.15, 0.2) is 30.5 Å². The van der Waals surface area contributed by atoms with E-state index in [-0.39, 0.29) is 12.1 Å². The zero-order valence-corrected chi connectivity index (χ0v) is 16.9. The molecule has 1 aromatic carbocycles. The topological polar surface area (TPSA) is 127 Å². The van der Waals surface area contributed by atoms with E-state index in [0.29, 0.717) is 34.7 Å². The maximum atomic E-state index is 12.1. The van der Waals surface area contributed by atoms with E-state index in [0.717, 1.165) is 18.7 Å². The number of likely N-dealkylation sites (tertiary alicyclic amines) is 1. The molecule has 31 heavy (non-hydrogen) atoms. The molecule has 0 radical (unpaired) electrons. The molecule has 5 rings (SSSR count). The van der Waals surface area contributed by atoms with Gasteiger partial charge in [0.15, 0.2) is 11.3 Å². The minimum absolute atomic E-state index is 0.0998. The van der Waals surface area contributed by atoms with Crippen molar-refractivity contribution in [2.24, 2.45) is 5.73 Å². The Morgan fingerprint density at radius 2 is 2.16 bits per heavy atom. The van der Waals surface area contributed by atoms with Crippen LogP contribution in [0.4, 0.5) is 0 Å². The highest BCUT2D eigenvalue weighted by Crippen LogP contribution is 2.38.